The summed E-state index contributed by atoms with van der Waals surface area (Å²) in [6, 6.07) is 7.67. The Kier molecular flexibility index (Phi) is 9.81. The van der Waals surface area contributed by atoms with Gasteiger partial charge in [0.15, 0.2) is 0 Å². The van der Waals surface area contributed by atoms with E-state index in [9.17, 15) is 9.59 Å². The Morgan fingerprint density at radius 1 is 1.42 bits per heavy atom. The lowest BCUT2D eigenvalue weighted by Crippen LogP contribution is -2.31. The minimum Gasteiger partial charge on any atom is -0.464 e. The second-order valence-electron chi connectivity index (χ2n) is 5.66. The number of esters is 1. The van der Waals surface area contributed by atoms with Gasteiger partial charge < -0.3 is 9.64 Å². The highest BCUT2D eigenvalue weighted by Crippen LogP contribution is 2.32. The van der Waals surface area contributed by atoms with Crippen LogP contribution in [-0.4, -0.2) is 59.8 Å². The van der Waals surface area contributed by atoms with Gasteiger partial charge in [-0.25, -0.2) is 0 Å². The van der Waals surface area contributed by atoms with Crippen LogP contribution in [0.4, 0.5) is 0 Å². The van der Waals surface area contributed by atoms with E-state index in [1.807, 2.05) is 43.3 Å². The van der Waals surface area contributed by atoms with Crippen LogP contribution in [-0.2, 0) is 14.3 Å². The summed E-state index contributed by atoms with van der Waals surface area (Å²) in [4.78, 5) is 28.2. The quantitative estimate of drug-likeness (QED) is 0.339. The molecule has 26 heavy (non-hydrogen) atoms. The standard InChI is InChI=1S/C17H19BrN2O3S2.ClH/c1-19(2)8-9-23-15(21)6-7-20-16(22)14(25-17(20)24)11-12-4-3-5-13(18)10-12;/h3-5,10-11H,6-9H2,1-2H3;1H. The molecule has 1 saturated heterocycles. The average Bonchev–Trinajstić information content (AvgIpc) is 2.79. The number of hydrogen-bond acceptors (Lipinski definition) is 6. The zero-order chi connectivity index (χ0) is 18.4. The Bertz CT molecular complexity index is 713. The number of halogens is 2. The number of rotatable bonds is 7. The first kappa shape index (κ1) is 23.1. The van der Waals surface area contributed by atoms with Gasteiger partial charge in [0.05, 0.1) is 11.3 Å². The van der Waals surface area contributed by atoms with Gasteiger partial charge >= 0.3 is 5.97 Å². The zero-order valence-electron chi connectivity index (χ0n) is 14.4. The molecule has 1 aromatic carbocycles. The van der Waals surface area contributed by atoms with Crippen LogP contribution in [0.2, 0.25) is 0 Å². The molecule has 1 amide bonds. The highest BCUT2D eigenvalue weighted by atomic mass is 79.9. The molecule has 0 spiro atoms. The highest BCUT2D eigenvalue weighted by Gasteiger charge is 2.32. The molecular formula is C17H20BrClN2O3S2. The third-order valence-corrected chi connectivity index (χ3v) is 5.23. The van der Waals surface area contributed by atoms with Gasteiger partial charge in [-0.2, -0.15) is 0 Å². The van der Waals surface area contributed by atoms with Crippen LogP contribution in [0, 0.1) is 0 Å². The van der Waals surface area contributed by atoms with E-state index in [0.29, 0.717) is 22.4 Å². The van der Waals surface area contributed by atoms with Crippen molar-refractivity contribution in [3.8, 4) is 0 Å². The first-order valence-corrected chi connectivity index (χ1v) is 9.70. The number of likely N-dealkylation sites (N-methyl/N-ethyl adjacent to an activating group) is 1. The largest absolute Gasteiger partial charge is 0.464 e. The van der Waals surface area contributed by atoms with Crippen molar-refractivity contribution in [2.24, 2.45) is 0 Å². The van der Waals surface area contributed by atoms with Crippen molar-refractivity contribution in [1.29, 1.82) is 0 Å². The fourth-order valence-electron chi connectivity index (χ4n) is 2.06. The average molecular weight is 480 g/mol. The summed E-state index contributed by atoms with van der Waals surface area (Å²) in [7, 11) is 3.82. The first-order valence-electron chi connectivity index (χ1n) is 7.68. The van der Waals surface area contributed by atoms with Crippen LogP contribution in [0.15, 0.2) is 33.6 Å². The number of ether oxygens (including phenoxy) is 1. The van der Waals surface area contributed by atoms with Crippen LogP contribution < -0.4 is 0 Å². The number of hydrogen-bond donors (Lipinski definition) is 0. The molecule has 0 bridgehead atoms. The van der Waals surface area contributed by atoms with Gasteiger partial charge in [-0.05, 0) is 37.9 Å². The number of carbonyl (C=O) groups excluding carboxylic acids is 2. The number of benzene rings is 1. The Balaban J connectivity index is 0.00000338. The summed E-state index contributed by atoms with van der Waals surface area (Å²) < 4.78 is 6.54. The monoisotopic (exact) mass is 478 g/mol. The normalized spacial score (nSPS) is 15.5. The number of amides is 1. The fourth-order valence-corrected chi connectivity index (χ4v) is 3.78. The summed E-state index contributed by atoms with van der Waals surface area (Å²) >= 11 is 9.93. The lowest BCUT2D eigenvalue weighted by Gasteiger charge is -2.14. The van der Waals surface area contributed by atoms with Crippen LogP contribution in [0.5, 0.6) is 0 Å². The van der Waals surface area contributed by atoms with Gasteiger partial charge in [-0.3, -0.25) is 14.5 Å². The molecule has 0 aromatic heterocycles. The van der Waals surface area contributed by atoms with E-state index in [2.05, 4.69) is 15.9 Å². The molecule has 0 aliphatic carbocycles. The lowest BCUT2D eigenvalue weighted by molar-refractivity contribution is -0.144. The van der Waals surface area contributed by atoms with Crippen LogP contribution in [0.1, 0.15) is 12.0 Å². The van der Waals surface area contributed by atoms with Gasteiger partial charge in [-0.1, -0.05) is 52.0 Å². The predicted molar refractivity (Wildman–Crippen MR) is 115 cm³/mol. The minimum atomic E-state index is -0.327. The topological polar surface area (TPSA) is 49.9 Å². The molecule has 9 heteroatoms. The van der Waals surface area contributed by atoms with E-state index < -0.39 is 0 Å². The van der Waals surface area contributed by atoms with E-state index in [-0.39, 0.29) is 37.2 Å². The molecule has 5 nitrogen and oxygen atoms in total. The molecule has 2 rings (SSSR count). The molecule has 0 N–H and O–H groups in total. The van der Waals surface area contributed by atoms with E-state index in [4.69, 9.17) is 17.0 Å². The maximum Gasteiger partial charge on any atom is 0.307 e. The van der Waals surface area contributed by atoms with Crippen LogP contribution >= 0.6 is 52.3 Å². The molecule has 1 fully saturated rings. The molecule has 1 aromatic rings. The summed E-state index contributed by atoms with van der Waals surface area (Å²) in [5.74, 6) is -0.497. The Morgan fingerprint density at radius 2 is 2.15 bits per heavy atom. The van der Waals surface area contributed by atoms with E-state index in [1.54, 1.807) is 6.08 Å². The smallest absolute Gasteiger partial charge is 0.307 e. The van der Waals surface area contributed by atoms with Gasteiger partial charge in [0.2, 0.25) is 0 Å². The SMILES string of the molecule is CN(C)CCOC(=O)CCN1C(=O)C(=Cc2cccc(Br)c2)SC1=S.Cl. The van der Waals surface area contributed by atoms with Gasteiger partial charge in [0, 0.05) is 17.6 Å². The molecular weight excluding hydrogens is 460 g/mol. The van der Waals surface area contributed by atoms with E-state index >= 15 is 0 Å². The molecule has 0 atom stereocenters. The van der Waals surface area contributed by atoms with E-state index in [1.165, 1.54) is 16.7 Å². The second-order valence-corrected chi connectivity index (χ2v) is 8.25. The number of thiocarbonyl (C=S) groups is 1. The maximum atomic E-state index is 12.5. The minimum absolute atomic E-state index is 0. The summed E-state index contributed by atoms with van der Waals surface area (Å²) in [6.07, 6.45) is 1.93. The molecule has 0 saturated carbocycles. The second kappa shape index (κ2) is 11.0. The van der Waals surface area contributed by atoms with Crippen molar-refractivity contribution in [2.45, 2.75) is 6.42 Å². The third-order valence-electron chi connectivity index (χ3n) is 3.36. The van der Waals surface area contributed by atoms with Crippen molar-refractivity contribution in [3.05, 3.63) is 39.2 Å². The van der Waals surface area contributed by atoms with Gasteiger partial charge in [0.25, 0.3) is 5.91 Å². The molecule has 1 aliphatic rings. The number of nitrogens with zero attached hydrogens (tertiary/aromatic N) is 2. The van der Waals surface area contributed by atoms with Gasteiger partial charge in [0.1, 0.15) is 10.9 Å². The van der Waals surface area contributed by atoms with Crippen molar-refractivity contribution in [2.75, 3.05) is 33.8 Å². The molecule has 1 aliphatic heterocycles. The highest BCUT2D eigenvalue weighted by molar-refractivity contribution is 9.10. The third kappa shape index (κ3) is 7.00. The predicted octanol–water partition coefficient (Wildman–Crippen LogP) is 3.57. The van der Waals surface area contributed by atoms with Crippen LogP contribution in [0.3, 0.4) is 0 Å². The number of thioether (sulfide) groups is 1. The van der Waals surface area contributed by atoms with E-state index in [0.717, 1.165) is 10.0 Å². The summed E-state index contributed by atoms with van der Waals surface area (Å²) in [6.45, 7) is 1.25. The Labute approximate surface area is 177 Å². The lowest BCUT2D eigenvalue weighted by atomic mass is 10.2. The van der Waals surface area contributed by atoms with Crippen molar-refractivity contribution in [1.82, 2.24) is 9.80 Å². The molecule has 0 radical (unpaired) electrons. The van der Waals surface area contributed by atoms with Crippen molar-refractivity contribution >= 4 is 74.6 Å². The zero-order valence-corrected chi connectivity index (χ0v) is 18.5. The number of carbonyl (C=O) groups is 2. The summed E-state index contributed by atoms with van der Waals surface area (Å²) in [5.41, 5.74) is 0.915. The Hall–Kier alpha value is -0.930. The maximum absolute atomic E-state index is 12.5. The van der Waals surface area contributed by atoms with Gasteiger partial charge in [-0.15, -0.1) is 12.4 Å². The summed E-state index contributed by atoms with van der Waals surface area (Å²) in [5, 5.41) is 0. The fraction of sp³-hybridized carbons (Fsp3) is 0.353. The Morgan fingerprint density at radius 3 is 2.81 bits per heavy atom. The molecule has 1 heterocycles. The van der Waals surface area contributed by atoms with Crippen LogP contribution in [0.25, 0.3) is 6.08 Å². The first-order chi connectivity index (χ1) is 11.9. The molecule has 142 valence electrons. The molecule has 0 unspecified atom stereocenters. The van der Waals surface area contributed by atoms with Crippen molar-refractivity contribution < 1.29 is 14.3 Å². The van der Waals surface area contributed by atoms with Crippen molar-refractivity contribution in [3.63, 3.8) is 0 Å².